The third kappa shape index (κ3) is 54.6. The van der Waals surface area contributed by atoms with E-state index in [9.17, 15) is 0 Å². The minimum absolute atomic E-state index is 0. The van der Waals surface area contributed by atoms with Crippen LogP contribution in [0, 0.1) is 0 Å². The molecule has 0 aliphatic heterocycles. The van der Waals surface area contributed by atoms with Crippen molar-refractivity contribution < 1.29 is 48.1 Å². The van der Waals surface area contributed by atoms with Gasteiger partial charge < -0.3 is 0 Å². The molecular formula is H6I2O4S2Y. The van der Waals surface area contributed by atoms with Gasteiger partial charge in [-0.05, 0) is 0 Å². The smallest absolute Gasteiger partial charge is 0 e. The van der Waals surface area contributed by atoms with Gasteiger partial charge in [0.15, 0.2) is 0 Å². The van der Waals surface area contributed by atoms with Crippen LogP contribution in [-0.2, 0) is 35.9 Å². The first kappa shape index (κ1) is 18.0. The van der Waals surface area contributed by atoms with E-state index in [-0.39, 0.29) is 32.7 Å². The van der Waals surface area contributed by atoms with Crippen molar-refractivity contribution in [1.82, 2.24) is 0 Å². The summed E-state index contributed by atoms with van der Waals surface area (Å²) in [4.78, 5) is 0. The van der Waals surface area contributed by atoms with Crippen LogP contribution in [0.5, 0.6) is 0 Å². The Hall–Kier alpha value is 3.10. The Kier molecular flexibility index (Phi) is 34.5. The van der Waals surface area contributed by atoms with Gasteiger partial charge in [0.05, 0.1) is 0 Å². The van der Waals surface area contributed by atoms with Crippen LogP contribution in [0.25, 0.3) is 0 Å². The maximum atomic E-state index is 7.63. The van der Waals surface area contributed by atoms with Crippen LogP contribution in [0.1, 0.15) is 0 Å². The molecule has 0 saturated carbocycles. The fourth-order valence-corrected chi connectivity index (χ4v) is 0. The molecule has 0 bridgehead atoms. The van der Waals surface area contributed by atoms with E-state index in [1.54, 1.807) is 0 Å². The average Bonchev–Trinajstić information content (AvgIpc) is 1.65. The first-order valence-corrected chi connectivity index (χ1v) is 10.6. The van der Waals surface area contributed by atoms with Crippen LogP contribution in [0.2, 0.25) is 0 Å². The molecular weight excluding hydrogens is 471 g/mol. The summed E-state index contributed by atoms with van der Waals surface area (Å²) in [5.41, 5.74) is 0. The third-order valence-electron chi connectivity index (χ3n) is 0.0333. The fraction of sp³-hybridized carbons (Fsp3) is 0. The summed E-state index contributed by atoms with van der Waals surface area (Å²) >= 11 is -3.34. The molecule has 59 valence electrons. The number of hydrogen-bond acceptors (Lipinski definition) is 6. The van der Waals surface area contributed by atoms with Crippen molar-refractivity contribution in [3.05, 3.63) is 0 Å². The minimum atomic E-state index is -2.57. The molecule has 0 fully saturated rings. The van der Waals surface area contributed by atoms with Gasteiger partial charge in [-0.25, -0.2) is 0 Å². The first-order chi connectivity index (χ1) is 3.65. The molecule has 9 heteroatoms. The zero-order valence-corrected chi connectivity index (χ0v) is 13.1. The predicted octanol–water partition coefficient (Wildman–Crippen LogP) is 1.09. The van der Waals surface area contributed by atoms with E-state index in [0.29, 0.717) is 0 Å². The van der Waals surface area contributed by atoms with Crippen LogP contribution in [0.15, 0.2) is 0 Å². The Morgan fingerprint density at radius 2 is 1.56 bits per heavy atom. The van der Waals surface area contributed by atoms with Gasteiger partial charge in [0.25, 0.3) is 0 Å². The molecule has 0 spiro atoms. The Morgan fingerprint density at radius 3 is 1.56 bits per heavy atom. The summed E-state index contributed by atoms with van der Waals surface area (Å²) in [6.45, 7) is 0. The molecule has 0 aliphatic carbocycles. The first-order valence-electron chi connectivity index (χ1n) is 1.04. The van der Waals surface area contributed by atoms with Crippen molar-refractivity contribution in [2.75, 3.05) is 0 Å². The normalized spacial score (nSPS) is 8.78. The number of thiol groups is 2. The van der Waals surface area contributed by atoms with Crippen LogP contribution in [-0.4, -0.2) is 12.1 Å². The van der Waals surface area contributed by atoms with Gasteiger partial charge in [-0.2, -0.15) is 0 Å². The molecule has 1 radical (unpaired) electrons. The van der Waals surface area contributed by atoms with Crippen molar-refractivity contribution in [2.45, 2.75) is 0 Å². The second kappa shape index (κ2) is 17.3. The van der Waals surface area contributed by atoms with E-state index in [1.807, 2.05) is 0 Å². The molecule has 0 aromatic heterocycles. The largest absolute Gasteiger partial charge is 0 e. The average molecular weight is 477 g/mol. The zero-order chi connectivity index (χ0) is 6.99. The van der Waals surface area contributed by atoms with E-state index >= 15 is 0 Å². The molecule has 3 N–H and O–H groups in total. The summed E-state index contributed by atoms with van der Waals surface area (Å²) in [7, 11) is 6.81. The Balaban J connectivity index is -0.0000000720. The van der Waals surface area contributed by atoms with Gasteiger partial charge in [-0.15, -0.1) is 0 Å². The quantitative estimate of drug-likeness (QED) is 0.170. The Labute approximate surface area is 105 Å². The second-order valence-electron chi connectivity index (χ2n) is 0.376. The predicted molar refractivity (Wildman–Crippen MR) is 55.6 cm³/mol. The van der Waals surface area contributed by atoms with Gasteiger partial charge in [0, 0.05) is 32.7 Å². The summed E-state index contributed by atoms with van der Waals surface area (Å²) in [5, 5.41) is 7.36. The van der Waals surface area contributed by atoms with Gasteiger partial charge >= 0.3 is 74.4 Å². The van der Waals surface area contributed by atoms with Crippen molar-refractivity contribution in [1.29, 1.82) is 0 Å². The molecule has 0 aromatic carbocycles. The molecule has 9 heavy (non-hydrogen) atoms. The monoisotopic (exact) mass is 477 g/mol. The molecule has 0 atom stereocenters. The van der Waals surface area contributed by atoms with Crippen LogP contribution < -0.4 is 0 Å². The third-order valence-corrected chi connectivity index (χ3v) is 0.671. The maximum absolute atomic E-state index is 7.63. The summed E-state index contributed by atoms with van der Waals surface area (Å²) < 4.78 is 18.8. The molecule has 4 nitrogen and oxygen atoms in total. The van der Waals surface area contributed by atoms with E-state index in [0.717, 1.165) is 0 Å². The molecule has 0 heterocycles. The standard InChI is InChI=1S/2H3IO2S.Y/c2-3-1-4;2-1(3)4;/h1-2,4H;2-4H;. The molecule has 0 saturated heterocycles. The number of hydrogen-bond donors (Lipinski definition) is 5. The van der Waals surface area contributed by atoms with Crippen molar-refractivity contribution in [3.63, 3.8) is 0 Å². The fourth-order valence-electron chi connectivity index (χ4n) is 0. The minimum Gasteiger partial charge on any atom is 0 e. The molecule has 0 unspecified atom stereocenters. The van der Waals surface area contributed by atoms with Crippen molar-refractivity contribution in [2.24, 2.45) is 0 Å². The van der Waals surface area contributed by atoms with Crippen LogP contribution in [0.4, 0.5) is 0 Å². The Bertz CT molecular complexity index is 33.0. The number of halogens is 2. The van der Waals surface area contributed by atoms with Gasteiger partial charge in [-0.3, -0.25) is 0 Å². The maximum Gasteiger partial charge on any atom is 0 e. The van der Waals surface area contributed by atoms with Crippen molar-refractivity contribution >= 4 is 59.1 Å². The van der Waals surface area contributed by atoms with E-state index in [1.165, 1.54) is 0 Å². The van der Waals surface area contributed by atoms with E-state index < -0.39 is 39.5 Å². The SMILES string of the molecule is OI(O)S.OO[IH]S.[Y]. The molecule has 0 amide bonds. The van der Waals surface area contributed by atoms with Gasteiger partial charge in [0.1, 0.15) is 0 Å². The van der Waals surface area contributed by atoms with Crippen LogP contribution in [0.3, 0.4) is 0 Å². The molecule has 0 rings (SSSR count). The topological polar surface area (TPSA) is 69.9 Å². The molecule has 0 aliphatic rings. The summed E-state index contributed by atoms with van der Waals surface area (Å²) in [5.74, 6) is 0. The summed E-state index contributed by atoms with van der Waals surface area (Å²) in [6.07, 6.45) is 0. The van der Waals surface area contributed by atoms with Gasteiger partial charge in [-0.1, -0.05) is 0 Å². The number of rotatable bonds is 1. The molecule has 0 aromatic rings. The van der Waals surface area contributed by atoms with E-state index in [4.69, 9.17) is 12.1 Å². The van der Waals surface area contributed by atoms with Crippen molar-refractivity contribution in [3.8, 4) is 0 Å². The van der Waals surface area contributed by atoms with E-state index in [2.05, 4.69) is 22.8 Å². The van der Waals surface area contributed by atoms with Gasteiger partial charge in [0.2, 0.25) is 0 Å². The van der Waals surface area contributed by atoms with Crippen LogP contribution >= 0.6 is 59.1 Å². The second-order valence-corrected chi connectivity index (χ2v) is 5.55. The zero-order valence-electron chi connectivity index (χ0n) is 4.01. The Morgan fingerprint density at radius 1 is 1.44 bits per heavy atom. The summed E-state index contributed by atoms with van der Waals surface area (Å²) in [6, 6.07) is 0.